The van der Waals surface area contributed by atoms with Crippen LogP contribution in [0.25, 0.3) is 0 Å². The highest BCUT2D eigenvalue weighted by molar-refractivity contribution is 6.60. The molecule has 1 aromatic heterocycles. The first kappa shape index (κ1) is 12.3. The van der Waals surface area contributed by atoms with Gasteiger partial charge in [0.25, 0.3) is 0 Å². The van der Waals surface area contributed by atoms with Gasteiger partial charge in [0.15, 0.2) is 0 Å². The van der Waals surface area contributed by atoms with E-state index in [1.54, 1.807) is 27.5 Å². The molecule has 1 rings (SSSR count). The third-order valence-corrected chi connectivity index (χ3v) is 5.10. The summed E-state index contributed by atoms with van der Waals surface area (Å²) in [5.74, 6) is 0. The van der Waals surface area contributed by atoms with Gasteiger partial charge in [-0.25, -0.2) is 0 Å². The molecule has 0 bridgehead atoms. The third-order valence-electron chi connectivity index (χ3n) is 2.38. The first-order valence-electron chi connectivity index (χ1n) is 4.80. The van der Waals surface area contributed by atoms with Gasteiger partial charge in [-0.15, -0.1) is 0 Å². The zero-order valence-electron chi connectivity index (χ0n) is 9.40. The van der Waals surface area contributed by atoms with Crippen molar-refractivity contribution in [2.24, 2.45) is 0 Å². The van der Waals surface area contributed by atoms with Crippen LogP contribution in [0.15, 0.2) is 24.5 Å². The molecule has 0 spiro atoms. The van der Waals surface area contributed by atoms with E-state index in [9.17, 15) is 0 Å². The van der Waals surface area contributed by atoms with Crippen LogP contribution in [0.1, 0.15) is 5.56 Å². The van der Waals surface area contributed by atoms with Gasteiger partial charge in [-0.3, -0.25) is 4.98 Å². The molecule has 0 aliphatic rings. The summed E-state index contributed by atoms with van der Waals surface area (Å²) in [5, 5.41) is 0. The van der Waals surface area contributed by atoms with Gasteiger partial charge >= 0.3 is 8.80 Å². The molecule has 4 nitrogen and oxygen atoms in total. The maximum atomic E-state index is 5.33. The Morgan fingerprint density at radius 2 is 1.87 bits per heavy atom. The first-order valence-corrected chi connectivity index (χ1v) is 6.74. The minimum atomic E-state index is -2.43. The topological polar surface area (TPSA) is 40.6 Å². The molecular weight excluding hydrogens is 210 g/mol. The van der Waals surface area contributed by atoms with E-state index in [2.05, 4.69) is 4.98 Å². The molecule has 0 unspecified atom stereocenters. The number of nitrogens with zero attached hydrogens (tertiary/aromatic N) is 1. The van der Waals surface area contributed by atoms with E-state index in [1.807, 2.05) is 18.3 Å². The summed E-state index contributed by atoms with van der Waals surface area (Å²) < 4.78 is 16.0. The molecule has 0 amide bonds. The third kappa shape index (κ3) is 3.39. The second kappa shape index (κ2) is 5.97. The van der Waals surface area contributed by atoms with Crippen LogP contribution in [0.2, 0.25) is 6.04 Å². The molecule has 0 fully saturated rings. The lowest BCUT2D eigenvalue weighted by Crippen LogP contribution is -2.43. The SMILES string of the molecule is CO[Si](CCc1cccnc1)(OC)OC. The van der Waals surface area contributed by atoms with Crippen LogP contribution in [0.4, 0.5) is 0 Å². The van der Waals surface area contributed by atoms with Gasteiger partial charge in [-0.05, 0) is 18.1 Å². The van der Waals surface area contributed by atoms with Crippen LogP contribution < -0.4 is 0 Å². The lowest BCUT2D eigenvalue weighted by molar-refractivity contribution is 0.123. The summed E-state index contributed by atoms with van der Waals surface area (Å²) >= 11 is 0. The quantitative estimate of drug-likeness (QED) is 0.691. The molecule has 0 saturated carbocycles. The monoisotopic (exact) mass is 227 g/mol. The molecule has 5 heteroatoms. The van der Waals surface area contributed by atoms with Gasteiger partial charge < -0.3 is 13.3 Å². The normalized spacial score (nSPS) is 11.7. The summed E-state index contributed by atoms with van der Waals surface area (Å²) in [6.45, 7) is 0. The first-order chi connectivity index (χ1) is 7.26. The lowest BCUT2D eigenvalue weighted by Gasteiger charge is -2.24. The molecule has 1 heterocycles. The summed E-state index contributed by atoms with van der Waals surface area (Å²) in [7, 11) is 2.45. The Kier molecular flexibility index (Phi) is 4.90. The Morgan fingerprint density at radius 1 is 1.20 bits per heavy atom. The average Bonchev–Trinajstić information content (AvgIpc) is 2.33. The summed E-state index contributed by atoms with van der Waals surface area (Å²) in [4.78, 5) is 4.06. The highest BCUT2D eigenvalue weighted by atomic mass is 28.4. The maximum Gasteiger partial charge on any atom is 0.500 e. The van der Waals surface area contributed by atoms with Gasteiger partial charge in [0, 0.05) is 39.8 Å². The van der Waals surface area contributed by atoms with E-state index >= 15 is 0 Å². The van der Waals surface area contributed by atoms with Crippen molar-refractivity contribution in [1.82, 2.24) is 4.98 Å². The second-order valence-electron chi connectivity index (χ2n) is 3.16. The summed E-state index contributed by atoms with van der Waals surface area (Å²) in [5.41, 5.74) is 1.17. The maximum absolute atomic E-state index is 5.33. The van der Waals surface area contributed by atoms with Gasteiger partial charge in [0.1, 0.15) is 0 Å². The van der Waals surface area contributed by atoms with Crippen LogP contribution in [-0.4, -0.2) is 35.1 Å². The number of rotatable bonds is 6. The fourth-order valence-corrected chi connectivity index (χ4v) is 3.11. The number of aromatic nitrogens is 1. The Hall–Kier alpha value is -0.753. The van der Waals surface area contributed by atoms with Crippen molar-refractivity contribution in [2.45, 2.75) is 12.5 Å². The Morgan fingerprint density at radius 3 is 2.33 bits per heavy atom. The zero-order chi connectivity index (χ0) is 11.1. The molecule has 0 radical (unpaired) electrons. The lowest BCUT2D eigenvalue weighted by atomic mass is 10.2. The van der Waals surface area contributed by atoms with Crippen molar-refractivity contribution < 1.29 is 13.3 Å². The van der Waals surface area contributed by atoms with Crippen molar-refractivity contribution in [3.63, 3.8) is 0 Å². The zero-order valence-corrected chi connectivity index (χ0v) is 10.4. The number of aryl methyl sites for hydroxylation is 1. The minimum absolute atomic E-state index is 0.766. The number of hydrogen-bond donors (Lipinski definition) is 0. The highest BCUT2D eigenvalue weighted by Gasteiger charge is 2.36. The second-order valence-corrected chi connectivity index (χ2v) is 6.25. The molecule has 0 aliphatic heterocycles. The van der Waals surface area contributed by atoms with Gasteiger partial charge in [0.2, 0.25) is 0 Å². The Balaban J connectivity index is 2.54. The standard InChI is InChI=1S/C10H17NO3Si/c1-12-15(13-2,14-3)8-6-10-5-4-7-11-9-10/h4-5,7,9H,6,8H2,1-3H3. The molecule has 84 valence electrons. The average molecular weight is 227 g/mol. The smallest absolute Gasteiger partial charge is 0.377 e. The van der Waals surface area contributed by atoms with Gasteiger partial charge in [0.05, 0.1) is 0 Å². The van der Waals surface area contributed by atoms with Crippen molar-refractivity contribution in [3.8, 4) is 0 Å². The molecule has 0 atom stereocenters. The van der Waals surface area contributed by atoms with Crippen molar-refractivity contribution in [3.05, 3.63) is 30.1 Å². The fraction of sp³-hybridized carbons (Fsp3) is 0.500. The van der Waals surface area contributed by atoms with Gasteiger partial charge in [-0.1, -0.05) is 6.07 Å². The molecule has 1 aromatic rings. The van der Waals surface area contributed by atoms with Crippen molar-refractivity contribution in [1.29, 1.82) is 0 Å². The predicted molar refractivity (Wildman–Crippen MR) is 59.5 cm³/mol. The van der Waals surface area contributed by atoms with Crippen LogP contribution >= 0.6 is 0 Å². The predicted octanol–water partition coefficient (Wildman–Crippen LogP) is 1.50. The van der Waals surface area contributed by atoms with E-state index in [0.29, 0.717) is 0 Å². The molecule has 0 N–H and O–H groups in total. The number of pyridine rings is 1. The van der Waals surface area contributed by atoms with E-state index in [1.165, 1.54) is 5.56 Å². The van der Waals surface area contributed by atoms with Crippen LogP contribution in [0.5, 0.6) is 0 Å². The summed E-state index contributed by atoms with van der Waals surface area (Å²) in [6, 6.07) is 4.72. The summed E-state index contributed by atoms with van der Waals surface area (Å²) in [6.07, 6.45) is 4.47. The van der Waals surface area contributed by atoms with E-state index in [0.717, 1.165) is 12.5 Å². The number of hydrogen-bond acceptors (Lipinski definition) is 4. The minimum Gasteiger partial charge on any atom is -0.377 e. The highest BCUT2D eigenvalue weighted by Crippen LogP contribution is 2.15. The molecule has 0 aromatic carbocycles. The van der Waals surface area contributed by atoms with Crippen LogP contribution in [-0.2, 0) is 19.7 Å². The Bertz CT molecular complexity index is 269. The van der Waals surface area contributed by atoms with E-state index in [-0.39, 0.29) is 0 Å². The fourth-order valence-electron chi connectivity index (χ4n) is 1.40. The largest absolute Gasteiger partial charge is 0.500 e. The molecule has 0 aliphatic carbocycles. The molecule has 0 saturated heterocycles. The van der Waals surface area contributed by atoms with Gasteiger partial charge in [-0.2, -0.15) is 0 Å². The Labute approximate surface area is 91.6 Å². The van der Waals surface area contributed by atoms with E-state index < -0.39 is 8.80 Å². The van der Waals surface area contributed by atoms with E-state index in [4.69, 9.17) is 13.3 Å². The van der Waals surface area contributed by atoms with Crippen LogP contribution in [0, 0.1) is 0 Å². The van der Waals surface area contributed by atoms with Crippen LogP contribution in [0.3, 0.4) is 0 Å². The molecule has 15 heavy (non-hydrogen) atoms. The van der Waals surface area contributed by atoms with Crippen molar-refractivity contribution in [2.75, 3.05) is 21.3 Å². The van der Waals surface area contributed by atoms with Crippen molar-refractivity contribution >= 4 is 8.80 Å². The molecular formula is C10H17NO3Si.